The van der Waals surface area contributed by atoms with Crippen molar-refractivity contribution in [2.75, 3.05) is 25.4 Å². The van der Waals surface area contributed by atoms with Crippen LogP contribution in [0.15, 0.2) is 40.0 Å². The number of likely N-dealkylation sites (tertiary alicyclic amines) is 1. The van der Waals surface area contributed by atoms with E-state index in [4.69, 9.17) is 4.74 Å². The number of ether oxygens (including phenoxy) is 1. The summed E-state index contributed by atoms with van der Waals surface area (Å²) < 4.78 is 29.4. The van der Waals surface area contributed by atoms with Crippen molar-refractivity contribution in [2.45, 2.75) is 39.2 Å². The van der Waals surface area contributed by atoms with E-state index >= 15 is 0 Å². The lowest BCUT2D eigenvalue weighted by molar-refractivity contribution is 0.0236. The quantitative estimate of drug-likeness (QED) is 0.722. The Kier molecular flexibility index (Phi) is 5.18. The summed E-state index contributed by atoms with van der Waals surface area (Å²) in [6.07, 6.45) is 9.10. The maximum absolute atomic E-state index is 12.2. The first-order chi connectivity index (χ1) is 12.1. The van der Waals surface area contributed by atoms with E-state index in [0.717, 1.165) is 18.4 Å². The van der Waals surface area contributed by atoms with Gasteiger partial charge in [-0.25, -0.2) is 4.79 Å². The highest BCUT2D eigenvalue weighted by Gasteiger charge is 2.28. The minimum Gasteiger partial charge on any atom is -0.444 e. The number of rotatable bonds is 1. The summed E-state index contributed by atoms with van der Waals surface area (Å²) in [7, 11) is -2.89. The van der Waals surface area contributed by atoms with Crippen LogP contribution in [0.1, 0.15) is 33.6 Å². The number of piperidine rings is 1. The molecule has 0 bridgehead atoms. The normalized spacial score (nSPS) is 23.7. The van der Waals surface area contributed by atoms with Crippen LogP contribution in [0.25, 0.3) is 0 Å². The van der Waals surface area contributed by atoms with Gasteiger partial charge in [0.2, 0.25) is 0 Å². The zero-order valence-electron chi connectivity index (χ0n) is 15.5. The molecule has 1 fully saturated rings. The molecule has 0 aromatic heterocycles. The standard InChI is InChI=1S/C18H27N3O4S/c1-18(2,3)25-17(22)21-9-6-14(7-10-21)13-15-5-4-8-20-11-12-26(23,24)19-16(15)20/h4-5,8,13,23-24H,6-7,9-12H2,1-3H3. The van der Waals surface area contributed by atoms with E-state index in [1.54, 1.807) is 4.90 Å². The van der Waals surface area contributed by atoms with Gasteiger partial charge in [-0.05, 0) is 45.8 Å². The fourth-order valence-corrected chi connectivity index (χ4v) is 4.05. The van der Waals surface area contributed by atoms with Gasteiger partial charge in [-0.1, -0.05) is 22.4 Å². The average molecular weight is 381 g/mol. The summed E-state index contributed by atoms with van der Waals surface area (Å²) in [5.41, 5.74) is 1.61. The fraction of sp³-hybridized carbons (Fsp3) is 0.556. The van der Waals surface area contributed by atoms with Gasteiger partial charge in [0, 0.05) is 31.4 Å². The lowest BCUT2D eigenvalue weighted by Crippen LogP contribution is -2.40. The second-order valence-corrected chi connectivity index (χ2v) is 9.53. The Morgan fingerprint density at radius 1 is 1.27 bits per heavy atom. The summed E-state index contributed by atoms with van der Waals surface area (Å²) in [5, 5.41) is 0. The molecule has 0 unspecified atom stereocenters. The minimum absolute atomic E-state index is 0.259. The number of carbonyl (C=O) groups is 1. The molecule has 0 aromatic rings. The van der Waals surface area contributed by atoms with E-state index in [1.807, 2.05) is 44.0 Å². The predicted molar refractivity (Wildman–Crippen MR) is 104 cm³/mol. The van der Waals surface area contributed by atoms with Crippen LogP contribution in [0, 0.1) is 0 Å². The predicted octanol–water partition coefficient (Wildman–Crippen LogP) is 3.78. The number of carbonyl (C=O) groups excluding carboxylic acids is 1. The Bertz CT molecular complexity index is 694. The van der Waals surface area contributed by atoms with Gasteiger partial charge in [0.05, 0.1) is 5.75 Å². The van der Waals surface area contributed by atoms with Gasteiger partial charge in [0.25, 0.3) is 0 Å². The molecule has 3 aliphatic heterocycles. The van der Waals surface area contributed by atoms with E-state index in [1.165, 1.54) is 5.57 Å². The Morgan fingerprint density at radius 3 is 2.62 bits per heavy atom. The number of allylic oxidation sites excluding steroid dienone is 2. The third kappa shape index (κ3) is 4.69. The lowest BCUT2D eigenvalue weighted by atomic mass is 9.99. The Morgan fingerprint density at radius 2 is 1.96 bits per heavy atom. The molecule has 1 amide bonds. The van der Waals surface area contributed by atoms with E-state index in [-0.39, 0.29) is 11.8 Å². The van der Waals surface area contributed by atoms with Gasteiger partial charge in [-0.15, -0.1) is 4.40 Å². The molecule has 1 saturated heterocycles. The Balaban J connectivity index is 1.67. The van der Waals surface area contributed by atoms with Crippen LogP contribution in [0.4, 0.5) is 4.79 Å². The molecular weight excluding hydrogens is 354 g/mol. The van der Waals surface area contributed by atoms with Gasteiger partial charge in [-0.3, -0.25) is 9.11 Å². The third-order valence-electron chi connectivity index (χ3n) is 4.33. The van der Waals surface area contributed by atoms with Gasteiger partial charge < -0.3 is 14.5 Å². The van der Waals surface area contributed by atoms with E-state index < -0.39 is 16.4 Å². The number of amidine groups is 1. The molecule has 2 N–H and O–H groups in total. The first-order valence-electron chi connectivity index (χ1n) is 8.82. The zero-order valence-corrected chi connectivity index (χ0v) is 16.3. The van der Waals surface area contributed by atoms with Crippen LogP contribution >= 0.6 is 10.8 Å². The summed E-state index contributed by atoms with van der Waals surface area (Å²) in [4.78, 5) is 15.8. The molecule has 0 spiro atoms. The van der Waals surface area contributed by atoms with E-state index in [0.29, 0.717) is 25.5 Å². The molecule has 144 valence electrons. The molecule has 0 atom stereocenters. The monoisotopic (exact) mass is 381 g/mol. The number of nitrogens with zero attached hydrogens (tertiary/aromatic N) is 3. The first-order valence-corrected chi connectivity index (χ1v) is 10.5. The van der Waals surface area contributed by atoms with Gasteiger partial charge in [0.1, 0.15) is 5.60 Å². The molecule has 0 aliphatic carbocycles. The average Bonchev–Trinajstić information content (AvgIpc) is 2.54. The fourth-order valence-electron chi connectivity index (χ4n) is 3.03. The van der Waals surface area contributed by atoms with Crippen molar-refractivity contribution in [3.63, 3.8) is 0 Å². The van der Waals surface area contributed by atoms with E-state index in [9.17, 15) is 13.9 Å². The number of hydrogen-bond acceptors (Lipinski definition) is 6. The van der Waals surface area contributed by atoms with E-state index in [2.05, 4.69) is 10.5 Å². The largest absolute Gasteiger partial charge is 0.444 e. The molecule has 3 heterocycles. The van der Waals surface area contributed by atoms with Crippen LogP contribution in [0.5, 0.6) is 0 Å². The van der Waals surface area contributed by atoms with Crippen molar-refractivity contribution in [3.8, 4) is 0 Å². The lowest BCUT2D eigenvalue weighted by Gasteiger charge is -2.38. The second-order valence-electron chi connectivity index (χ2n) is 7.68. The number of fused-ring (bicyclic) bond motifs is 1. The molecular formula is C18H27N3O4S. The van der Waals surface area contributed by atoms with Crippen LogP contribution in [-0.4, -0.2) is 61.8 Å². The smallest absolute Gasteiger partial charge is 0.410 e. The van der Waals surface area contributed by atoms with Crippen LogP contribution in [-0.2, 0) is 4.74 Å². The SMILES string of the molecule is CC(C)(C)OC(=O)N1CCC(=CC2=CC=CN3CCS(O)(O)N=C23)CC1. The third-order valence-corrected chi connectivity index (χ3v) is 5.52. The van der Waals surface area contributed by atoms with Gasteiger partial charge in [0.15, 0.2) is 5.84 Å². The molecule has 8 heteroatoms. The number of hydrogen-bond donors (Lipinski definition) is 2. The first kappa shape index (κ1) is 19.0. The molecule has 7 nitrogen and oxygen atoms in total. The minimum atomic E-state index is -2.89. The highest BCUT2D eigenvalue weighted by molar-refractivity contribution is 8.23. The summed E-state index contributed by atoms with van der Waals surface area (Å²) in [6, 6.07) is 0. The Hall–Kier alpha value is -1.77. The summed E-state index contributed by atoms with van der Waals surface area (Å²) in [5.74, 6) is 0.871. The highest BCUT2D eigenvalue weighted by Crippen LogP contribution is 2.44. The van der Waals surface area contributed by atoms with Crippen LogP contribution in [0.3, 0.4) is 0 Å². The van der Waals surface area contributed by atoms with Crippen molar-refractivity contribution in [3.05, 3.63) is 35.6 Å². The number of amides is 1. The van der Waals surface area contributed by atoms with Gasteiger partial charge in [-0.2, -0.15) is 0 Å². The summed E-state index contributed by atoms with van der Waals surface area (Å²) >= 11 is 0. The van der Waals surface area contributed by atoms with Crippen molar-refractivity contribution >= 4 is 22.7 Å². The molecule has 26 heavy (non-hydrogen) atoms. The van der Waals surface area contributed by atoms with Crippen molar-refractivity contribution < 1.29 is 18.6 Å². The molecule has 0 radical (unpaired) electrons. The zero-order chi connectivity index (χ0) is 18.9. The Labute approximate surface area is 156 Å². The topological polar surface area (TPSA) is 85.6 Å². The second kappa shape index (κ2) is 7.09. The van der Waals surface area contributed by atoms with Crippen molar-refractivity contribution in [2.24, 2.45) is 4.40 Å². The molecule has 0 aromatic carbocycles. The van der Waals surface area contributed by atoms with Crippen LogP contribution in [0.2, 0.25) is 0 Å². The maximum atomic E-state index is 12.2. The van der Waals surface area contributed by atoms with Crippen molar-refractivity contribution in [1.29, 1.82) is 0 Å². The highest BCUT2D eigenvalue weighted by atomic mass is 32.3. The molecule has 3 aliphatic rings. The van der Waals surface area contributed by atoms with Gasteiger partial charge >= 0.3 is 6.09 Å². The molecule has 3 rings (SSSR count). The molecule has 0 saturated carbocycles. The van der Waals surface area contributed by atoms with Crippen molar-refractivity contribution in [1.82, 2.24) is 9.80 Å². The maximum Gasteiger partial charge on any atom is 0.410 e. The summed E-state index contributed by atoms with van der Waals surface area (Å²) in [6.45, 7) is 7.38. The van der Waals surface area contributed by atoms with Crippen LogP contribution < -0.4 is 0 Å².